The van der Waals surface area contributed by atoms with Gasteiger partial charge in [0, 0.05) is 29.6 Å². The molecule has 0 radical (unpaired) electrons. The van der Waals surface area contributed by atoms with Crippen molar-refractivity contribution >= 4 is 21.6 Å². The van der Waals surface area contributed by atoms with Crippen molar-refractivity contribution in [2.45, 2.75) is 38.8 Å². The van der Waals surface area contributed by atoms with Gasteiger partial charge < -0.3 is 10.2 Å². The number of halogens is 1. The van der Waals surface area contributed by atoms with Crippen LogP contribution in [0, 0.1) is 12.8 Å². The highest BCUT2D eigenvalue weighted by molar-refractivity contribution is 9.10. The van der Waals surface area contributed by atoms with Gasteiger partial charge in [0.25, 0.3) is 0 Å². The molecule has 98 valence electrons. The van der Waals surface area contributed by atoms with E-state index >= 15 is 0 Å². The van der Waals surface area contributed by atoms with E-state index < -0.39 is 0 Å². The normalized spacial score (nSPS) is 28.5. The molecule has 1 aromatic carbocycles. The van der Waals surface area contributed by atoms with Crippen LogP contribution in [-0.4, -0.2) is 25.2 Å². The largest absolute Gasteiger partial charge is 0.365 e. The Balaban J connectivity index is 1.86. The van der Waals surface area contributed by atoms with E-state index in [1.165, 1.54) is 28.6 Å². The molecule has 2 nitrogen and oxygen atoms in total. The Morgan fingerprint density at radius 2 is 2.11 bits per heavy atom. The fourth-order valence-electron chi connectivity index (χ4n) is 2.89. The monoisotopic (exact) mass is 308 g/mol. The second-order valence-electron chi connectivity index (χ2n) is 5.76. The molecular formula is C15H21BrN2. The molecule has 1 saturated heterocycles. The molecule has 0 amide bonds. The van der Waals surface area contributed by atoms with E-state index in [1.807, 2.05) is 0 Å². The first-order valence-corrected chi connectivity index (χ1v) is 7.71. The molecule has 2 aliphatic rings. The van der Waals surface area contributed by atoms with E-state index in [9.17, 15) is 0 Å². The molecule has 3 rings (SSSR count). The van der Waals surface area contributed by atoms with Gasteiger partial charge in [-0.2, -0.15) is 0 Å². The molecule has 1 aliphatic carbocycles. The molecule has 1 saturated carbocycles. The molecule has 0 aromatic heterocycles. The first-order valence-electron chi connectivity index (χ1n) is 6.92. The number of nitrogens with zero attached hydrogens (tertiary/aromatic N) is 1. The molecule has 2 unspecified atom stereocenters. The number of hydrogen-bond donors (Lipinski definition) is 1. The molecule has 2 atom stereocenters. The minimum atomic E-state index is 0.568. The Kier molecular flexibility index (Phi) is 3.37. The maximum Gasteiger partial charge on any atom is 0.0516 e. The Morgan fingerprint density at radius 1 is 1.33 bits per heavy atom. The van der Waals surface area contributed by atoms with Crippen LogP contribution < -0.4 is 10.2 Å². The molecule has 0 spiro atoms. The summed E-state index contributed by atoms with van der Waals surface area (Å²) in [4.78, 5) is 2.57. The minimum Gasteiger partial charge on any atom is -0.365 e. The van der Waals surface area contributed by atoms with Gasteiger partial charge in [0.15, 0.2) is 0 Å². The summed E-state index contributed by atoms with van der Waals surface area (Å²) in [5, 5.41) is 3.71. The first kappa shape index (κ1) is 12.5. The number of rotatable bonds is 2. The summed E-state index contributed by atoms with van der Waals surface area (Å²) in [6, 6.07) is 7.82. The van der Waals surface area contributed by atoms with Crippen molar-refractivity contribution in [1.29, 1.82) is 0 Å². The Bertz CT molecular complexity index is 442. The maximum atomic E-state index is 3.75. The van der Waals surface area contributed by atoms with Crippen LogP contribution in [0.25, 0.3) is 0 Å². The van der Waals surface area contributed by atoms with Crippen LogP contribution in [0.15, 0.2) is 22.7 Å². The Hall–Kier alpha value is -0.540. The summed E-state index contributed by atoms with van der Waals surface area (Å²) >= 11 is 3.75. The van der Waals surface area contributed by atoms with Gasteiger partial charge >= 0.3 is 0 Å². The zero-order valence-electron chi connectivity index (χ0n) is 11.1. The van der Waals surface area contributed by atoms with Crippen LogP contribution in [0.5, 0.6) is 0 Å². The predicted octanol–water partition coefficient (Wildman–Crippen LogP) is 3.33. The lowest BCUT2D eigenvalue weighted by molar-refractivity contribution is 0.375. The second kappa shape index (κ2) is 4.86. The van der Waals surface area contributed by atoms with Crippen molar-refractivity contribution in [3.05, 3.63) is 28.2 Å². The molecule has 1 aliphatic heterocycles. The number of benzene rings is 1. The average Bonchev–Trinajstić information content (AvgIpc) is 3.18. The number of piperazine rings is 1. The number of anilines is 1. The predicted molar refractivity (Wildman–Crippen MR) is 80.2 cm³/mol. The van der Waals surface area contributed by atoms with Crippen LogP contribution in [0.2, 0.25) is 0 Å². The SMILES string of the molecule is Cc1cccc(N2CC(C3CC3)NCC2C)c1Br. The summed E-state index contributed by atoms with van der Waals surface area (Å²) in [5.41, 5.74) is 2.68. The fourth-order valence-corrected chi connectivity index (χ4v) is 3.38. The van der Waals surface area contributed by atoms with Gasteiger partial charge in [0.05, 0.1) is 5.69 Å². The van der Waals surface area contributed by atoms with Gasteiger partial charge in [-0.15, -0.1) is 0 Å². The Morgan fingerprint density at radius 3 is 2.83 bits per heavy atom. The number of aryl methyl sites for hydroxylation is 1. The van der Waals surface area contributed by atoms with Gasteiger partial charge in [-0.25, -0.2) is 0 Å². The third-order valence-electron chi connectivity index (χ3n) is 4.27. The first-order chi connectivity index (χ1) is 8.66. The van der Waals surface area contributed by atoms with Gasteiger partial charge in [-0.05, 0) is 60.2 Å². The lowest BCUT2D eigenvalue weighted by Crippen LogP contribution is -2.56. The van der Waals surface area contributed by atoms with Crippen molar-refractivity contribution in [1.82, 2.24) is 5.32 Å². The molecule has 2 fully saturated rings. The highest BCUT2D eigenvalue weighted by Crippen LogP contribution is 2.37. The lowest BCUT2D eigenvalue weighted by Gasteiger charge is -2.41. The van der Waals surface area contributed by atoms with Crippen molar-refractivity contribution < 1.29 is 0 Å². The van der Waals surface area contributed by atoms with Crippen molar-refractivity contribution in [2.24, 2.45) is 5.92 Å². The summed E-state index contributed by atoms with van der Waals surface area (Å²) in [5.74, 6) is 0.920. The van der Waals surface area contributed by atoms with Crippen molar-refractivity contribution in [2.75, 3.05) is 18.0 Å². The number of nitrogens with one attached hydrogen (secondary N) is 1. The quantitative estimate of drug-likeness (QED) is 0.901. The molecule has 3 heteroatoms. The second-order valence-corrected chi connectivity index (χ2v) is 6.55. The van der Waals surface area contributed by atoms with E-state index in [1.54, 1.807) is 0 Å². The minimum absolute atomic E-state index is 0.568. The van der Waals surface area contributed by atoms with Crippen LogP contribution >= 0.6 is 15.9 Å². The molecule has 18 heavy (non-hydrogen) atoms. The molecule has 1 heterocycles. The average molecular weight is 309 g/mol. The standard InChI is InChI=1S/C15H21BrN2/c1-10-4-3-5-14(15(10)16)18-9-13(12-6-7-12)17-8-11(18)2/h3-5,11-13,17H,6-9H2,1-2H3. The van der Waals surface area contributed by atoms with Crippen LogP contribution in [0.1, 0.15) is 25.3 Å². The zero-order valence-corrected chi connectivity index (χ0v) is 12.7. The van der Waals surface area contributed by atoms with Crippen LogP contribution in [0.4, 0.5) is 5.69 Å². The van der Waals surface area contributed by atoms with Crippen molar-refractivity contribution in [3.8, 4) is 0 Å². The molecule has 1 aromatic rings. The fraction of sp³-hybridized carbons (Fsp3) is 0.600. The smallest absolute Gasteiger partial charge is 0.0516 e. The van der Waals surface area contributed by atoms with E-state index in [0.29, 0.717) is 12.1 Å². The number of hydrogen-bond acceptors (Lipinski definition) is 2. The lowest BCUT2D eigenvalue weighted by atomic mass is 10.0. The zero-order chi connectivity index (χ0) is 12.7. The van der Waals surface area contributed by atoms with Crippen LogP contribution in [0.3, 0.4) is 0 Å². The molecule has 0 bridgehead atoms. The Labute approximate surface area is 118 Å². The van der Waals surface area contributed by atoms with Gasteiger partial charge in [0.1, 0.15) is 0 Å². The highest BCUT2D eigenvalue weighted by atomic mass is 79.9. The van der Waals surface area contributed by atoms with E-state index in [4.69, 9.17) is 0 Å². The third kappa shape index (κ3) is 2.30. The van der Waals surface area contributed by atoms with Crippen molar-refractivity contribution in [3.63, 3.8) is 0 Å². The summed E-state index contributed by atoms with van der Waals surface area (Å²) < 4.78 is 1.26. The molecular weight excluding hydrogens is 288 g/mol. The van der Waals surface area contributed by atoms with Gasteiger partial charge in [0.2, 0.25) is 0 Å². The van der Waals surface area contributed by atoms with Crippen LogP contribution in [-0.2, 0) is 0 Å². The van der Waals surface area contributed by atoms with E-state index in [0.717, 1.165) is 19.0 Å². The summed E-state index contributed by atoms with van der Waals surface area (Å²) in [6.07, 6.45) is 2.82. The summed E-state index contributed by atoms with van der Waals surface area (Å²) in [7, 11) is 0. The highest BCUT2D eigenvalue weighted by Gasteiger charge is 2.36. The topological polar surface area (TPSA) is 15.3 Å². The maximum absolute atomic E-state index is 3.75. The third-order valence-corrected chi connectivity index (χ3v) is 5.30. The van der Waals surface area contributed by atoms with E-state index in [2.05, 4.69) is 58.2 Å². The van der Waals surface area contributed by atoms with Gasteiger partial charge in [-0.3, -0.25) is 0 Å². The van der Waals surface area contributed by atoms with Gasteiger partial charge in [-0.1, -0.05) is 12.1 Å². The molecule has 1 N–H and O–H groups in total. The summed E-state index contributed by atoms with van der Waals surface area (Å²) in [6.45, 7) is 6.72. The van der Waals surface area contributed by atoms with E-state index in [-0.39, 0.29) is 0 Å².